The quantitative estimate of drug-likeness (QED) is 0.306. The molecule has 9 heteroatoms. The number of rotatable bonds is 9. The SMILES string of the molecule is CCOc1cc(-c2cccc(CCC#N)c2)ccc1-c1nc2c(nnn2Cc2ccc(OC)cc2)c(=O)[nH]1. The van der Waals surface area contributed by atoms with Gasteiger partial charge in [0.05, 0.1) is 31.9 Å². The van der Waals surface area contributed by atoms with E-state index in [1.165, 1.54) is 0 Å². The highest BCUT2D eigenvalue weighted by atomic mass is 16.5. The third-order valence-electron chi connectivity index (χ3n) is 6.19. The fourth-order valence-electron chi connectivity index (χ4n) is 4.28. The van der Waals surface area contributed by atoms with Crippen LogP contribution in [-0.4, -0.2) is 38.7 Å². The van der Waals surface area contributed by atoms with Crippen molar-refractivity contribution in [2.75, 3.05) is 13.7 Å². The molecule has 5 aromatic rings. The first kappa shape index (κ1) is 24.7. The van der Waals surface area contributed by atoms with Gasteiger partial charge in [-0.3, -0.25) is 4.79 Å². The Hall–Kier alpha value is -4.97. The minimum atomic E-state index is -0.373. The zero-order valence-electron chi connectivity index (χ0n) is 21.1. The summed E-state index contributed by atoms with van der Waals surface area (Å²) in [4.78, 5) is 20.5. The molecule has 0 radical (unpaired) electrons. The van der Waals surface area contributed by atoms with Crippen molar-refractivity contribution in [2.45, 2.75) is 26.3 Å². The summed E-state index contributed by atoms with van der Waals surface area (Å²) in [6, 6.07) is 23.7. The zero-order chi connectivity index (χ0) is 26.5. The summed E-state index contributed by atoms with van der Waals surface area (Å²) in [5.41, 5.74) is 4.90. The largest absolute Gasteiger partial charge is 0.497 e. The molecule has 0 saturated carbocycles. The van der Waals surface area contributed by atoms with E-state index in [4.69, 9.17) is 19.7 Å². The van der Waals surface area contributed by atoms with Gasteiger partial charge in [-0.2, -0.15) is 5.26 Å². The molecule has 38 heavy (non-hydrogen) atoms. The lowest BCUT2D eigenvalue weighted by atomic mass is 9.99. The molecule has 0 unspecified atom stereocenters. The molecule has 3 aromatic carbocycles. The lowest BCUT2D eigenvalue weighted by Gasteiger charge is -2.13. The summed E-state index contributed by atoms with van der Waals surface area (Å²) in [6.45, 7) is 2.75. The smallest absolute Gasteiger partial charge is 0.281 e. The van der Waals surface area contributed by atoms with Crippen LogP contribution >= 0.6 is 0 Å². The molecule has 2 aromatic heterocycles. The molecule has 0 aliphatic rings. The van der Waals surface area contributed by atoms with Crippen molar-refractivity contribution < 1.29 is 9.47 Å². The fraction of sp³-hybridized carbons (Fsp3) is 0.207. The number of nitriles is 1. The van der Waals surface area contributed by atoms with E-state index in [0.717, 1.165) is 28.0 Å². The second-order valence-corrected chi connectivity index (χ2v) is 8.68. The molecular formula is C29H26N6O3. The number of aromatic nitrogens is 5. The number of nitrogens with zero attached hydrogens (tertiary/aromatic N) is 5. The van der Waals surface area contributed by atoms with Crippen LogP contribution in [0.15, 0.2) is 71.5 Å². The Bertz CT molecular complexity index is 1680. The Morgan fingerprint density at radius 2 is 1.84 bits per heavy atom. The first-order valence-corrected chi connectivity index (χ1v) is 12.3. The molecule has 9 nitrogen and oxygen atoms in total. The van der Waals surface area contributed by atoms with Crippen LogP contribution in [0.4, 0.5) is 0 Å². The third-order valence-corrected chi connectivity index (χ3v) is 6.19. The summed E-state index contributed by atoms with van der Waals surface area (Å²) >= 11 is 0. The maximum Gasteiger partial charge on any atom is 0.281 e. The fourth-order valence-corrected chi connectivity index (χ4v) is 4.28. The zero-order valence-corrected chi connectivity index (χ0v) is 21.1. The molecule has 5 rings (SSSR count). The molecule has 0 aliphatic carbocycles. The van der Waals surface area contributed by atoms with Crippen LogP contribution < -0.4 is 15.0 Å². The molecule has 190 valence electrons. The number of methoxy groups -OCH3 is 1. The van der Waals surface area contributed by atoms with Crippen molar-refractivity contribution >= 4 is 11.2 Å². The van der Waals surface area contributed by atoms with E-state index in [-0.39, 0.29) is 11.1 Å². The molecule has 0 fully saturated rings. The second kappa shape index (κ2) is 11.0. The number of hydrogen-bond acceptors (Lipinski definition) is 7. The van der Waals surface area contributed by atoms with Gasteiger partial charge < -0.3 is 14.5 Å². The third kappa shape index (κ3) is 5.11. The Morgan fingerprint density at radius 1 is 1.03 bits per heavy atom. The maximum absolute atomic E-state index is 12.9. The van der Waals surface area contributed by atoms with Gasteiger partial charge in [0.2, 0.25) is 0 Å². The molecule has 0 atom stereocenters. The van der Waals surface area contributed by atoms with Crippen LogP contribution in [0.5, 0.6) is 11.5 Å². The van der Waals surface area contributed by atoms with E-state index in [0.29, 0.717) is 48.8 Å². The van der Waals surface area contributed by atoms with Crippen molar-refractivity contribution in [1.29, 1.82) is 5.26 Å². The lowest BCUT2D eigenvalue weighted by Crippen LogP contribution is -2.12. The van der Waals surface area contributed by atoms with Gasteiger partial charge in [0, 0.05) is 6.42 Å². The molecule has 0 spiro atoms. The Labute approximate surface area is 219 Å². The van der Waals surface area contributed by atoms with E-state index >= 15 is 0 Å². The van der Waals surface area contributed by atoms with Crippen LogP contribution in [0, 0.1) is 11.3 Å². The van der Waals surface area contributed by atoms with Crippen molar-refractivity contribution in [2.24, 2.45) is 0 Å². The van der Waals surface area contributed by atoms with Gasteiger partial charge in [-0.1, -0.05) is 47.7 Å². The highest BCUT2D eigenvalue weighted by molar-refractivity contribution is 5.77. The van der Waals surface area contributed by atoms with E-state index in [2.05, 4.69) is 27.4 Å². The predicted molar refractivity (Wildman–Crippen MR) is 144 cm³/mol. The number of fused-ring (bicyclic) bond motifs is 1. The van der Waals surface area contributed by atoms with Gasteiger partial charge in [-0.15, -0.1) is 5.10 Å². The first-order chi connectivity index (χ1) is 18.6. The van der Waals surface area contributed by atoms with Gasteiger partial charge in [-0.25, -0.2) is 9.67 Å². The highest BCUT2D eigenvalue weighted by Crippen LogP contribution is 2.33. The van der Waals surface area contributed by atoms with Crippen LogP contribution in [0.1, 0.15) is 24.5 Å². The minimum absolute atomic E-state index is 0.172. The number of ether oxygens (including phenoxy) is 2. The van der Waals surface area contributed by atoms with Crippen molar-refractivity contribution in [1.82, 2.24) is 25.0 Å². The molecule has 0 amide bonds. The van der Waals surface area contributed by atoms with Crippen molar-refractivity contribution in [3.05, 3.63) is 88.2 Å². The number of aryl methyl sites for hydroxylation is 1. The summed E-state index contributed by atoms with van der Waals surface area (Å²) in [5, 5.41) is 17.1. The molecular weight excluding hydrogens is 480 g/mol. The van der Waals surface area contributed by atoms with E-state index in [9.17, 15) is 4.79 Å². The number of hydrogen-bond donors (Lipinski definition) is 1. The number of aromatic amines is 1. The molecule has 2 heterocycles. The maximum atomic E-state index is 12.9. The minimum Gasteiger partial charge on any atom is -0.497 e. The molecule has 0 bridgehead atoms. The summed E-state index contributed by atoms with van der Waals surface area (Å²) in [5.74, 6) is 1.73. The number of H-pyrrole nitrogens is 1. The summed E-state index contributed by atoms with van der Waals surface area (Å²) in [6.07, 6.45) is 1.17. The average Bonchev–Trinajstić information content (AvgIpc) is 3.35. The summed E-state index contributed by atoms with van der Waals surface area (Å²) in [7, 11) is 1.62. The molecule has 0 saturated heterocycles. The van der Waals surface area contributed by atoms with Crippen LogP contribution in [0.3, 0.4) is 0 Å². The monoisotopic (exact) mass is 506 g/mol. The van der Waals surface area contributed by atoms with Crippen LogP contribution in [-0.2, 0) is 13.0 Å². The van der Waals surface area contributed by atoms with Gasteiger partial charge in [-0.05, 0) is 59.9 Å². The average molecular weight is 507 g/mol. The van der Waals surface area contributed by atoms with Gasteiger partial charge in [0.15, 0.2) is 11.2 Å². The summed E-state index contributed by atoms with van der Waals surface area (Å²) < 4.78 is 12.8. The topological polar surface area (TPSA) is 119 Å². The van der Waals surface area contributed by atoms with Crippen molar-refractivity contribution in [3.8, 4) is 40.1 Å². The van der Waals surface area contributed by atoms with Crippen LogP contribution in [0.25, 0.3) is 33.7 Å². The standard InChI is InChI=1S/C29H26N6O3/c1-3-38-25-17-22(21-8-4-6-19(16-21)7-5-15-30)11-14-24(25)27-31-28-26(29(36)32-27)33-34-35(28)18-20-9-12-23(37-2)13-10-20/h4,6,8-14,16-17H,3,5,7,18H2,1-2H3,(H,31,32,36). The van der Waals surface area contributed by atoms with Gasteiger partial charge >= 0.3 is 0 Å². The van der Waals surface area contributed by atoms with E-state index in [1.807, 2.05) is 67.6 Å². The predicted octanol–water partition coefficient (Wildman–Crippen LogP) is 4.76. The second-order valence-electron chi connectivity index (χ2n) is 8.68. The van der Waals surface area contributed by atoms with E-state index < -0.39 is 0 Å². The Morgan fingerprint density at radius 3 is 2.61 bits per heavy atom. The van der Waals surface area contributed by atoms with E-state index in [1.54, 1.807) is 11.8 Å². The molecule has 0 aliphatic heterocycles. The number of benzene rings is 3. The molecule has 1 N–H and O–H groups in total. The van der Waals surface area contributed by atoms with Crippen molar-refractivity contribution in [3.63, 3.8) is 0 Å². The lowest BCUT2D eigenvalue weighted by molar-refractivity contribution is 0.341. The van der Waals surface area contributed by atoms with Gasteiger partial charge in [0.25, 0.3) is 5.56 Å². The first-order valence-electron chi connectivity index (χ1n) is 12.3. The van der Waals surface area contributed by atoms with Crippen LogP contribution in [0.2, 0.25) is 0 Å². The highest BCUT2D eigenvalue weighted by Gasteiger charge is 2.17. The Balaban J connectivity index is 1.53. The number of nitrogens with one attached hydrogen (secondary N) is 1. The normalized spacial score (nSPS) is 10.9. The van der Waals surface area contributed by atoms with Gasteiger partial charge in [0.1, 0.15) is 17.3 Å². The Kier molecular flexibility index (Phi) is 7.13.